The molecule has 0 unspecified atom stereocenters. The normalized spacial score (nSPS) is 11.1. The van der Waals surface area contributed by atoms with Gasteiger partial charge in [0.15, 0.2) is 11.6 Å². The smallest absolute Gasteiger partial charge is 0.257 e. The topological polar surface area (TPSA) is 103 Å². The van der Waals surface area contributed by atoms with Crippen molar-refractivity contribution in [2.45, 2.75) is 20.4 Å². The van der Waals surface area contributed by atoms with Crippen molar-refractivity contribution in [3.63, 3.8) is 0 Å². The zero-order valence-corrected chi connectivity index (χ0v) is 18.7. The van der Waals surface area contributed by atoms with Gasteiger partial charge < -0.3 is 11.1 Å². The second kappa shape index (κ2) is 8.43. The van der Waals surface area contributed by atoms with Gasteiger partial charge in [0, 0.05) is 23.4 Å². The van der Waals surface area contributed by atoms with Gasteiger partial charge in [-0.15, -0.1) is 0 Å². The van der Waals surface area contributed by atoms with E-state index in [1.54, 1.807) is 33.6 Å². The summed E-state index contributed by atoms with van der Waals surface area (Å²) in [6.07, 6.45) is 3.18. The molecule has 0 bridgehead atoms. The molecule has 2 aromatic carbocycles. The van der Waals surface area contributed by atoms with Gasteiger partial charge in [0.2, 0.25) is 0 Å². The Hall–Kier alpha value is -4.53. The van der Waals surface area contributed by atoms with Crippen LogP contribution in [0.1, 0.15) is 27.0 Å². The quantitative estimate of drug-likeness (QED) is 0.413. The van der Waals surface area contributed by atoms with Crippen LogP contribution in [0.5, 0.6) is 0 Å². The predicted molar refractivity (Wildman–Crippen MR) is 128 cm³/mol. The summed E-state index contributed by atoms with van der Waals surface area (Å²) in [5.74, 6) is 0.286. The maximum Gasteiger partial charge on any atom is 0.257 e. The third-order valence-corrected chi connectivity index (χ3v) is 5.69. The van der Waals surface area contributed by atoms with Crippen LogP contribution in [0.15, 0.2) is 67.1 Å². The van der Waals surface area contributed by atoms with Crippen LogP contribution >= 0.6 is 0 Å². The predicted octanol–water partition coefficient (Wildman–Crippen LogP) is 4.23. The minimum Gasteiger partial charge on any atom is -0.382 e. The van der Waals surface area contributed by atoms with Crippen LogP contribution in [0.25, 0.3) is 16.8 Å². The first-order valence-corrected chi connectivity index (χ1v) is 10.7. The molecule has 3 aromatic heterocycles. The Morgan fingerprint density at radius 3 is 2.65 bits per heavy atom. The van der Waals surface area contributed by atoms with Crippen molar-refractivity contribution < 1.29 is 9.18 Å². The molecule has 0 aliphatic rings. The number of anilines is 2. The lowest BCUT2D eigenvalue weighted by atomic mass is 10.0. The Morgan fingerprint density at radius 1 is 1.06 bits per heavy atom. The fourth-order valence-electron chi connectivity index (χ4n) is 3.96. The number of nitrogens with one attached hydrogen (secondary N) is 1. The highest BCUT2D eigenvalue weighted by atomic mass is 19.1. The molecule has 5 rings (SSSR count). The highest BCUT2D eigenvalue weighted by molar-refractivity contribution is 6.05. The number of hydrogen-bond donors (Lipinski definition) is 2. The first kappa shape index (κ1) is 21.3. The number of aryl methyl sites for hydroxylation is 2. The van der Waals surface area contributed by atoms with Crippen LogP contribution in [0.3, 0.4) is 0 Å². The number of amides is 1. The van der Waals surface area contributed by atoms with E-state index in [0.29, 0.717) is 23.7 Å². The number of benzene rings is 2. The molecule has 3 N–H and O–H groups in total. The second-order valence-corrected chi connectivity index (χ2v) is 8.13. The summed E-state index contributed by atoms with van der Waals surface area (Å²) in [5, 5.41) is 11.6. The Morgan fingerprint density at radius 2 is 1.85 bits per heavy atom. The summed E-state index contributed by atoms with van der Waals surface area (Å²) >= 11 is 0. The summed E-state index contributed by atoms with van der Waals surface area (Å²) < 4.78 is 16.5. The third-order valence-electron chi connectivity index (χ3n) is 5.69. The molecule has 0 atom stereocenters. The molecule has 170 valence electrons. The zero-order chi connectivity index (χ0) is 23.8. The molecule has 0 saturated heterocycles. The van der Waals surface area contributed by atoms with Gasteiger partial charge in [0.05, 0.1) is 12.2 Å². The number of carbonyl (C=O) groups is 1. The first-order valence-electron chi connectivity index (χ1n) is 10.7. The molecule has 1 amide bonds. The van der Waals surface area contributed by atoms with E-state index in [0.717, 1.165) is 33.5 Å². The van der Waals surface area contributed by atoms with Gasteiger partial charge in [-0.2, -0.15) is 10.2 Å². The molecule has 0 saturated carbocycles. The van der Waals surface area contributed by atoms with Crippen molar-refractivity contribution in [3.8, 4) is 11.3 Å². The molecule has 0 radical (unpaired) electrons. The Labute approximate surface area is 194 Å². The lowest BCUT2D eigenvalue weighted by molar-refractivity contribution is 0.102. The molecule has 9 heteroatoms. The third kappa shape index (κ3) is 3.99. The molecule has 0 spiro atoms. The monoisotopic (exact) mass is 455 g/mol. The minimum atomic E-state index is -0.283. The van der Waals surface area contributed by atoms with E-state index >= 15 is 0 Å². The van der Waals surface area contributed by atoms with Gasteiger partial charge in [-0.3, -0.25) is 9.48 Å². The van der Waals surface area contributed by atoms with Gasteiger partial charge in [0.1, 0.15) is 17.7 Å². The Bertz CT molecular complexity index is 1520. The summed E-state index contributed by atoms with van der Waals surface area (Å²) in [6, 6.07) is 15.6. The maximum atomic E-state index is 13.1. The zero-order valence-electron chi connectivity index (χ0n) is 18.7. The van der Waals surface area contributed by atoms with Crippen LogP contribution < -0.4 is 11.1 Å². The van der Waals surface area contributed by atoms with Crippen molar-refractivity contribution in [2.75, 3.05) is 11.1 Å². The Kier molecular flexibility index (Phi) is 5.29. The summed E-state index contributed by atoms with van der Waals surface area (Å²) in [7, 11) is 0. The molecule has 0 fully saturated rings. The number of carbonyl (C=O) groups excluding carboxylic acids is 1. The van der Waals surface area contributed by atoms with Gasteiger partial charge in [-0.25, -0.2) is 13.9 Å². The summed E-state index contributed by atoms with van der Waals surface area (Å²) in [5.41, 5.74) is 11.6. The van der Waals surface area contributed by atoms with Crippen molar-refractivity contribution in [1.29, 1.82) is 0 Å². The SMILES string of the molecule is Cc1ccc(-c2cc(C)c3c(N)ncnn23)cc1C(=O)Nc1ccn(Cc2ccc(F)cc2)n1. The summed E-state index contributed by atoms with van der Waals surface area (Å²) in [4.78, 5) is 17.2. The van der Waals surface area contributed by atoms with Gasteiger partial charge in [0.25, 0.3) is 5.91 Å². The molecule has 5 aromatic rings. The number of aromatic nitrogens is 5. The van der Waals surface area contributed by atoms with E-state index in [1.807, 2.05) is 38.1 Å². The van der Waals surface area contributed by atoms with Crippen molar-refractivity contribution in [2.24, 2.45) is 0 Å². The van der Waals surface area contributed by atoms with Crippen LogP contribution in [0, 0.1) is 19.7 Å². The number of nitrogens with zero attached hydrogens (tertiary/aromatic N) is 5. The van der Waals surface area contributed by atoms with Gasteiger partial charge >= 0.3 is 0 Å². The lowest BCUT2D eigenvalue weighted by Gasteiger charge is -2.09. The standard InChI is InChI=1S/C25H22FN7O/c1-15-3-6-18(21-11-16(2)23-24(27)28-14-29-33(21)23)12-20(15)25(34)30-22-9-10-32(31-22)13-17-4-7-19(26)8-5-17/h3-12,14H,13H2,1-2H3,(H2,27,28,29)(H,30,31,34). The molecular weight excluding hydrogens is 433 g/mol. The molecular formula is C25H22FN7O. The number of nitrogens with two attached hydrogens (primary N) is 1. The van der Waals surface area contributed by atoms with E-state index in [9.17, 15) is 9.18 Å². The first-order chi connectivity index (χ1) is 16.4. The van der Waals surface area contributed by atoms with Crippen molar-refractivity contribution in [1.82, 2.24) is 24.4 Å². The number of hydrogen-bond acceptors (Lipinski definition) is 5. The van der Waals surface area contributed by atoms with Crippen LogP contribution in [-0.4, -0.2) is 30.3 Å². The van der Waals surface area contributed by atoms with Gasteiger partial charge in [-0.05, 0) is 54.8 Å². The highest BCUT2D eigenvalue weighted by Gasteiger charge is 2.16. The number of nitrogen functional groups attached to an aromatic ring is 1. The highest BCUT2D eigenvalue weighted by Crippen LogP contribution is 2.28. The van der Waals surface area contributed by atoms with Crippen LogP contribution in [0.4, 0.5) is 16.0 Å². The van der Waals surface area contributed by atoms with Crippen LogP contribution in [-0.2, 0) is 6.54 Å². The molecule has 0 aliphatic carbocycles. The number of rotatable bonds is 5. The van der Waals surface area contributed by atoms with Gasteiger partial charge in [-0.1, -0.05) is 24.3 Å². The average Bonchev–Trinajstić information content (AvgIpc) is 3.40. The van der Waals surface area contributed by atoms with E-state index in [1.165, 1.54) is 18.5 Å². The fraction of sp³-hybridized carbons (Fsp3) is 0.120. The van der Waals surface area contributed by atoms with E-state index in [-0.39, 0.29) is 11.7 Å². The number of fused-ring (bicyclic) bond motifs is 1. The van der Waals surface area contributed by atoms with E-state index < -0.39 is 0 Å². The fourth-order valence-corrected chi connectivity index (χ4v) is 3.96. The summed E-state index contributed by atoms with van der Waals surface area (Å²) in [6.45, 7) is 4.30. The Balaban J connectivity index is 1.39. The van der Waals surface area contributed by atoms with E-state index in [2.05, 4.69) is 20.5 Å². The largest absolute Gasteiger partial charge is 0.382 e. The van der Waals surface area contributed by atoms with Crippen molar-refractivity contribution >= 4 is 23.1 Å². The molecule has 0 aliphatic heterocycles. The molecule has 8 nitrogen and oxygen atoms in total. The minimum absolute atomic E-state index is 0.266. The van der Waals surface area contributed by atoms with Crippen LogP contribution in [0.2, 0.25) is 0 Å². The number of halogens is 1. The second-order valence-electron chi connectivity index (χ2n) is 8.13. The van der Waals surface area contributed by atoms with Crippen molar-refractivity contribution in [3.05, 3.63) is 95.2 Å². The lowest BCUT2D eigenvalue weighted by Crippen LogP contribution is -2.14. The molecule has 34 heavy (non-hydrogen) atoms. The molecule has 3 heterocycles. The average molecular weight is 455 g/mol. The van der Waals surface area contributed by atoms with E-state index in [4.69, 9.17) is 5.73 Å². The maximum absolute atomic E-state index is 13.1.